The maximum Gasteiger partial charge on any atom is 0.197 e. The molecule has 4 rings (SSSR count). The lowest BCUT2D eigenvalue weighted by Crippen LogP contribution is -2.05. The van der Waals surface area contributed by atoms with E-state index in [2.05, 4.69) is 19.7 Å². The molecule has 2 heterocycles. The highest BCUT2D eigenvalue weighted by Gasteiger charge is 2.36. The molecule has 0 aromatic carbocycles. The summed E-state index contributed by atoms with van der Waals surface area (Å²) in [7, 11) is 0. The zero-order chi connectivity index (χ0) is 14.4. The van der Waals surface area contributed by atoms with Crippen molar-refractivity contribution in [2.75, 3.05) is 0 Å². The number of aromatic nitrogens is 4. The van der Waals surface area contributed by atoms with Crippen LogP contribution in [-0.2, 0) is 0 Å². The van der Waals surface area contributed by atoms with Gasteiger partial charge in [0, 0.05) is 24.2 Å². The maximum absolute atomic E-state index is 5.86. The first-order chi connectivity index (χ1) is 10.2. The van der Waals surface area contributed by atoms with Crippen molar-refractivity contribution in [1.82, 2.24) is 19.7 Å². The molecule has 0 saturated heterocycles. The molecule has 6 heteroatoms. The highest BCUT2D eigenvalue weighted by Crippen LogP contribution is 2.46. The van der Waals surface area contributed by atoms with Gasteiger partial charge in [-0.25, -0.2) is 4.98 Å². The van der Waals surface area contributed by atoms with Gasteiger partial charge in [0.05, 0.1) is 0 Å². The molecule has 0 amide bonds. The van der Waals surface area contributed by atoms with Gasteiger partial charge in [-0.05, 0) is 56.0 Å². The van der Waals surface area contributed by atoms with Gasteiger partial charge in [-0.15, -0.1) is 10.2 Å². The molecule has 2 aliphatic carbocycles. The van der Waals surface area contributed by atoms with Crippen molar-refractivity contribution in [3.63, 3.8) is 0 Å². The fourth-order valence-corrected chi connectivity index (χ4v) is 3.32. The Morgan fingerprint density at radius 2 is 2.05 bits per heavy atom. The van der Waals surface area contributed by atoms with E-state index >= 15 is 0 Å². The van der Waals surface area contributed by atoms with Crippen molar-refractivity contribution >= 4 is 11.8 Å². The lowest BCUT2D eigenvalue weighted by molar-refractivity contribution is 0.626. The monoisotopic (exact) mass is 301 g/mol. The van der Waals surface area contributed by atoms with E-state index in [1.54, 1.807) is 11.8 Å². The zero-order valence-corrected chi connectivity index (χ0v) is 12.9. The van der Waals surface area contributed by atoms with Crippen molar-refractivity contribution in [3.05, 3.63) is 29.7 Å². The summed E-state index contributed by atoms with van der Waals surface area (Å²) < 4.78 is 2.35. The van der Waals surface area contributed by atoms with E-state index in [9.17, 15) is 0 Å². The lowest BCUT2D eigenvalue weighted by atomic mass is 10.2. The first kappa shape index (κ1) is 13.3. The molecule has 2 fully saturated rings. The number of pyridine rings is 1. The van der Waals surface area contributed by atoms with Gasteiger partial charge in [-0.2, -0.15) is 0 Å². The van der Waals surface area contributed by atoms with E-state index in [0.717, 1.165) is 15.7 Å². The second-order valence-electron chi connectivity index (χ2n) is 6.04. The number of hydrogen-bond donors (Lipinski definition) is 1. The van der Waals surface area contributed by atoms with Crippen LogP contribution in [0.4, 0.5) is 0 Å². The van der Waals surface area contributed by atoms with Crippen LogP contribution in [0.2, 0.25) is 0 Å². The standard InChI is InChI=1S/C15H19N5S/c1-9(16)11-4-7-13(17-8-11)21-15-19-18-14(10-2-3-10)20(15)12-5-6-12/h4,7-10,12H,2-3,5-6,16H2,1H3/t9-/m1/s1. The molecule has 0 radical (unpaired) electrons. The molecule has 0 spiro atoms. The van der Waals surface area contributed by atoms with Crippen LogP contribution in [-0.4, -0.2) is 19.7 Å². The van der Waals surface area contributed by atoms with Crippen LogP contribution in [0.5, 0.6) is 0 Å². The average molecular weight is 301 g/mol. The molecule has 1 atom stereocenters. The van der Waals surface area contributed by atoms with Crippen molar-refractivity contribution in [2.45, 2.75) is 60.8 Å². The van der Waals surface area contributed by atoms with Crippen molar-refractivity contribution < 1.29 is 0 Å². The molecule has 21 heavy (non-hydrogen) atoms. The topological polar surface area (TPSA) is 69.6 Å². The van der Waals surface area contributed by atoms with E-state index in [4.69, 9.17) is 5.73 Å². The first-order valence-electron chi connectivity index (χ1n) is 7.56. The van der Waals surface area contributed by atoms with Gasteiger partial charge in [0.2, 0.25) is 0 Å². The molecular formula is C15H19N5S. The van der Waals surface area contributed by atoms with Gasteiger partial charge < -0.3 is 10.3 Å². The third-order valence-corrected chi connectivity index (χ3v) is 4.94. The van der Waals surface area contributed by atoms with Crippen molar-refractivity contribution in [2.24, 2.45) is 5.73 Å². The van der Waals surface area contributed by atoms with Gasteiger partial charge in [0.1, 0.15) is 10.9 Å². The fraction of sp³-hybridized carbons (Fsp3) is 0.533. The molecule has 5 nitrogen and oxygen atoms in total. The van der Waals surface area contributed by atoms with Crippen LogP contribution in [0.1, 0.15) is 62.0 Å². The molecule has 110 valence electrons. The molecular weight excluding hydrogens is 282 g/mol. The minimum atomic E-state index is 0.0214. The predicted octanol–water partition coefficient (Wildman–Crippen LogP) is 3.06. The summed E-state index contributed by atoms with van der Waals surface area (Å²) in [4.78, 5) is 4.49. The largest absolute Gasteiger partial charge is 0.324 e. The van der Waals surface area contributed by atoms with Crippen molar-refractivity contribution in [1.29, 1.82) is 0 Å². The number of nitrogens with zero attached hydrogens (tertiary/aromatic N) is 4. The van der Waals surface area contributed by atoms with Crippen LogP contribution in [0.15, 0.2) is 28.5 Å². The summed E-state index contributed by atoms with van der Waals surface area (Å²) in [5, 5.41) is 10.8. The Labute approximate surface area is 128 Å². The normalized spacial score (nSPS) is 19.7. The molecule has 2 aromatic rings. The number of hydrogen-bond acceptors (Lipinski definition) is 5. The van der Waals surface area contributed by atoms with Crippen molar-refractivity contribution in [3.8, 4) is 0 Å². The Balaban J connectivity index is 1.59. The van der Waals surface area contributed by atoms with Crippen LogP contribution in [0.3, 0.4) is 0 Å². The van der Waals surface area contributed by atoms with Gasteiger partial charge in [0.25, 0.3) is 0 Å². The van der Waals surface area contributed by atoms with E-state index in [-0.39, 0.29) is 6.04 Å². The summed E-state index contributed by atoms with van der Waals surface area (Å²) in [6.07, 6.45) is 6.88. The lowest BCUT2D eigenvalue weighted by Gasteiger charge is -2.08. The summed E-state index contributed by atoms with van der Waals surface area (Å²) in [6, 6.07) is 4.70. The van der Waals surface area contributed by atoms with Gasteiger partial charge >= 0.3 is 0 Å². The Hall–Kier alpha value is -1.40. The average Bonchev–Trinajstić information content (AvgIpc) is 3.39. The number of rotatable bonds is 5. The minimum absolute atomic E-state index is 0.0214. The van der Waals surface area contributed by atoms with E-state index in [0.29, 0.717) is 12.0 Å². The predicted molar refractivity (Wildman–Crippen MR) is 81.2 cm³/mol. The zero-order valence-electron chi connectivity index (χ0n) is 12.1. The molecule has 2 N–H and O–H groups in total. The number of nitrogens with two attached hydrogens (primary N) is 1. The Morgan fingerprint density at radius 1 is 1.24 bits per heavy atom. The summed E-state index contributed by atoms with van der Waals surface area (Å²) in [6.45, 7) is 1.97. The molecule has 2 saturated carbocycles. The summed E-state index contributed by atoms with van der Waals surface area (Å²) >= 11 is 1.61. The Bertz CT molecular complexity index is 641. The van der Waals surface area contributed by atoms with E-state index < -0.39 is 0 Å². The molecule has 0 aliphatic heterocycles. The molecule has 2 aromatic heterocycles. The minimum Gasteiger partial charge on any atom is -0.324 e. The third kappa shape index (κ3) is 2.70. The Morgan fingerprint density at radius 3 is 2.62 bits per heavy atom. The Kier molecular flexibility index (Phi) is 3.23. The summed E-state index contributed by atoms with van der Waals surface area (Å²) in [5.74, 6) is 1.83. The molecule has 0 unspecified atom stereocenters. The SMILES string of the molecule is C[C@@H](N)c1ccc(Sc2nnc(C3CC3)n2C2CC2)nc1. The molecule has 0 bridgehead atoms. The highest BCUT2D eigenvalue weighted by molar-refractivity contribution is 7.99. The fourth-order valence-electron chi connectivity index (χ4n) is 2.47. The van der Waals surface area contributed by atoms with Gasteiger partial charge in [-0.1, -0.05) is 6.07 Å². The second-order valence-corrected chi connectivity index (χ2v) is 7.02. The van der Waals surface area contributed by atoms with Crippen LogP contribution in [0.25, 0.3) is 0 Å². The third-order valence-electron chi connectivity index (χ3n) is 4.03. The quantitative estimate of drug-likeness (QED) is 0.919. The van der Waals surface area contributed by atoms with Crippen LogP contribution < -0.4 is 5.73 Å². The van der Waals surface area contributed by atoms with Gasteiger partial charge in [-0.3, -0.25) is 0 Å². The van der Waals surface area contributed by atoms with Crippen LogP contribution in [0, 0.1) is 0 Å². The first-order valence-corrected chi connectivity index (χ1v) is 8.38. The highest BCUT2D eigenvalue weighted by atomic mass is 32.2. The van der Waals surface area contributed by atoms with E-state index in [1.807, 2.05) is 25.3 Å². The smallest absolute Gasteiger partial charge is 0.197 e. The van der Waals surface area contributed by atoms with Crippen LogP contribution >= 0.6 is 11.8 Å². The summed E-state index contributed by atoms with van der Waals surface area (Å²) in [5.41, 5.74) is 6.92. The second kappa shape index (κ2) is 5.10. The molecule has 2 aliphatic rings. The van der Waals surface area contributed by atoms with E-state index in [1.165, 1.54) is 31.5 Å². The van der Waals surface area contributed by atoms with Gasteiger partial charge in [0.15, 0.2) is 5.16 Å². The maximum atomic E-state index is 5.86.